The van der Waals surface area contributed by atoms with Crippen LogP contribution in [0.5, 0.6) is 0 Å². The maximum Gasteiger partial charge on any atom is 0.227 e. The number of aromatic nitrogens is 2. The van der Waals surface area contributed by atoms with Gasteiger partial charge in [-0.25, -0.2) is 9.55 Å². The molecule has 0 unspecified atom stereocenters. The Morgan fingerprint density at radius 1 is 1.22 bits per heavy atom. The van der Waals surface area contributed by atoms with Crippen LogP contribution < -0.4 is 4.57 Å². The molecule has 3 aromatic heterocycles. The van der Waals surface area contributed by atoms with Gasteiger partial charge in [-0.1, -0.05) is 32.8 Å². The minimum Gasteiger partial charge on any atom is -0.437 e. The first-order chi connectivity index (χ1) is 15.1. The van der Waals surface area contributed by atoms with Gasteiger partial charge in [0.2, 0.25) is 11.4 Å². The second-order valence-electron chi connectivity index (χ2n) is 7.26. The van der Waals surface area contributed by atoms with Crippen LogP contribution in [0.4, 0.5) is 0 Å². The number of aryl methyl sites for hydroxylation is 4. The number of nitrogens with zero attached hydrogens (tertiary/aromatic N) is 2. The van der Waals surface area contributed by atoms with Gasteiger partial charge in [0, 0.05) is 36.3 Å². The summed E-state index contributed by atoms with van der Waals surface area (Å²) in [6.07, 6.45) is -1.12. The molecule has 0 saturated carbocycles. The molecule has 4 rings (SSSR count). The summed E-state index contributed by atoms with van der Waals surface area (Å²) in [7, 11) is 1.75. The zero-order valence-electron chi connectivity index (χ0n) is 22.3. The van der Waals surface area contributed by atoms with Crippen LogP contribution in [0.3, 0.4) is 0 Å². The van der Waals surface area contributed by atoms with E-state index in [-0.39, 0.29) is 5.56 Å². The quantitative estimate of drug-likeness (QED) is 0.431. The predicted octanol–water partition coefficient (Wildman–Crippen LogP) is 5.78. The predicted molar refractivity (Wildman–Crippen MR) is 111 cm³/mol. The highest BCUT2D eigenvalue weighted by Gasteiger charge is 2.23. The molecule has 1 aromatic carbocycles. The second kappa shape index (κ2) is 6.49. The van der Waals surface area contributed by atoms with Crippen LogP contribution in [-0.2, 0) is 13.4 Å². The zero-order valence-corrected chi connectivity index (χ0v) is 16.3. The minimum atomic E-state index is -2.88. The van der Waals surface area contributed by atoms with Crippen LogP contribution in [0.25, 0.3) is 33.3 Å². The second-order valence-corrected chi connectivity index (χ2v) is 7.26. The summed E-state index contributed by atoms with van der Waals surface area (Å²) in [6, 6.07) is 9.62. The number of rotatable bonds is 3. The molecule has 0 fully saturated rings. The topological polar surface area (TPSA) is 29.9 Å². The lowest BCUT2D eigenvalue weighted by Crippen LogP contribution is -2.32. The van der Waals surface area contributed by atoms with Crippen LogP contribution in [0.1, 0.15) is 57.2 Å². The summed E-state index contributed by atoms with van der Waals surface area (Å²) >= 11 is 0. The number of pyridine rings is 2. The van der Waals surface area contributed by atoms with E-state index in [1.54, 1.807) is 31.5 Å². The molecule has 0 atom stereocenters. The highest BCUT2D eigenvalue weighted by atomic mass is 16.3. The Bertz CT molecular complexity index is 1400. The van der Waals surface area contributed by atoms with Crippen molar-refractivity contribution in [3.8, 4) is 11.3 Å². The van der Waals surface area contributed by atoms with Crippen molar-refractivity contribution in [3.63, 3.8) is 0 Å². The van der Waals surface area contributed by atoms with Gasteiger partial charge in [-0.3, -0.25) is 0 Å². The average molecular weight is 366 g/mol. The zero-order chi connectivity index (χ0) is 24.5. The molecule has 0 spiro atoms. The van der Waals surface area contributed by atoms with Crippen molar-refractivity contribution in [2.75, 3.05) is 0 Å². The molecule has 3 nitrogen and oxygen atoms in total. The molecule has 4 aromatic rings. The number of hydrogen-bond donors (Lipinski definition) is 0. The van der Waals surface area contributed by atoms with Gasteiger partial charge in [-0.2, -0.15) is 0 Å². The Labute approximate surface area is 169 Å². The van der Waals surface area contributed by atoms with Crippen LogP contribution in [0.15, 0.2) is 40.9 Å². The van der Waals surface area contributed by atoms with E-state index < -0.39 is 19.1 Å². The normalized spacial score (nSPS) is 16.5. The van der Waals surface area contributed by atoms with Crippen LogP contribution >= 0.6 is 0 Å². The molecule has 0 aliphatic rings. The Morgan fingerprint density at radius 3 is 2.74 bits per heavy atom. The highest BCUT2D eigenvalue weighted by molar-refractivity contribution is 6.08. The van der Waals surface area contributed by atoms with Gasteiger partial charge < -0.3 is 4.42 Å². The Balaban J connectivity index is 2.08. The van der Waals surface area contributed by atoms with Crippen molar-refractivity contribution in [2.45, 2.75) is 46.8 Å². The molecular formula is C24H27N2O+. The standard InChI is InChI=1S/C24H27N2O/c1-7-17-13-26(6)21(12-20(17)14(2)3)22-15(4)8-10-18-19-11-9-16(5)25-24(19)27-23(18)22/h8-14H,7H2,1-6H3/q+1/i1D3,7D2,14D. The lowest BCUT2D eigenvalue weighted by atomic mass is 9.93. The summed E-state index contributed by atoms with van der Waals surface area (Å²) in [5.41, 5.74) is 4.79. The monoisotopic (exact) mass is 365 g/mol. The van der Waals surface area contributed by atoms with Gasteiger partial charge in [-0.15, -0.1) is 0 Å². The van der Waals surface area contributed by atoms with Crippen molar-refractivity contribution < 1.29 is 17.2 Å². The number of furan rings is 1. The van der Waals surface area contributed by atoms with E-state index >= 15 is 0 Å². The van der Waals surface area contributed by atoms with E-state index in [4.69, 9.17) is 12.6 Å². The van der Waals surface area contributed by atoms with Crippen LogP contribution in [0.2, 0.25) is 0 Å². The van der Waals surface area contributed by atoms with Gasteiger partial charge in [0.25, 0.3) is 0 Å². The summed E-state index contributed by atoms with van der Waals surface area (Å²) in [5.74, 6) is -1.23. The van der Waals surface area contributed by atoms with Crippen molar-refractivity contribution in [2.24, 2.45) is 7.05 Å². The fraction of sp³-hybridized carbons (Fsp3) is 0.333. The first-order valence-electron chi connectivity index (χ1n) is 12.0. The summed E-state index contributed by atoms with van der Waals surface area (Å²) in [5, 5.41) is 1.81. The summed E-state index contributed by atoms with van der Waals surface area (Å²) in [4.78, 5) is 4.51. The molecule has 0 N–H and O–H groups in total. The third-order valence-corrected chi connectivity index (χ3v) is 5.06. The van der Waals surface area contributed by atoms with E-state index in [0.717, 1.165) is 27.6 Å². The molecule has 0 saturated heterocycles. The molecule has 0 aliphatic carbocycles. The average Bonchev–Trinajstić information content (AvgIpc) is 3.03. The third kappa shape index (κ3) is 2.82. The first-order valence-corrected chi connectivity index (χ1v) is 8.97. The van der Waals surface area contributed by atoms with Crippen LogP contribution in [0, 0.1) is 13.8 Å². The molecule has 0 bridgehead atoms. The molecule has 3 heterocycles. The Morgan fingerprint density at radius 2 is 2.00 bits per heavy atom. The Kier molecular flexibility index (Phi) is 2.86. The van der Waals surface area contributed by atoms with Gasteiger partial charge in [-0.05, 0) is 49.4 Å². The summed E-state index contributed by atoms with van der Waals surface area (Å²) in [6.45, 7) is 4.25. The van der Waals surface area contributed by atoms with E-state index in [0.29, 0.717) is 22.6 Å². The fourth-order valence-corrected chi connectivity index (χ4v) is 3.64. The van der Waals surface area contributed by atoms with Gasteiger partial charge >= 0.3 is 0 Å². The molecule has 3 heteroatoms. The molecule has 0 radical (unpaired) electrons. The number of benzene rings is 1. The van der Waals surface area contributed by atoms with Crippen molar-refractivity contribution in [3.05, 3.63) is 58.9 Å². The molecule has 0 aliphatic heterocycles. The van der Waals surface area contributed by atoms with Gasteiger partial charge in [0.1, 0.15) is 7.05 Å². The van der Waals surface area contributed by atoms with Crippen molar-refractivity contribution in [1.82, 2.24) is 4.98 Å². The molecule has 138 valence electrons. The fourth-order valence-electron chi connectivity index (χ4n) is 3.64. The lowest BCUT2D eigenvalue weighted by molar-refractivity contribution is -0.660. The van der Waals surface area contributed by atoms with Crippen LogP contribution in [-0.4, -0.2) is 4.98 Å². The largest absolute Gasteiger partial charge is 0.437 e. The maximum atomic E-state index is 8.66. The first kappa shape index (κ1) is 11.9. The molecule has 0 amide bonds. The van der Waals surface area contributed by atoms with E-state index in [1.165, 1.54) is 6.20 Å². The van der Waals surface area contributed by atoms with Crippen molar-refractivity contribution >= 4 is 22.1 Å². The number of fused-ring (bicyclic) bond motifs is 3. The smallest absolute Gasteiger partial charge is 0.227 e. The lowest BCUT2D eigenvalue weighted by Gasteiger charge is -2.13. The van der Waals surface area contributed by atoms with E-state index in [2.05, 4.69) is 4.98 Å². The van der Waals surface area contributed by atoms with Gasteiger partial charge in [0.15, 0.2) is 11.8 Å². The van der Waals surface area contributed by atoms with Gasteiger partial charge in [0.05, 0.1) is 5.56 Å². The van der Waals surface area contributed by atoms with Crippen molar-refractivity contribution in [1.29, 1.82) is 0 Å². The van der Waals surface area contributed by atoms with E-state index in [1.807, 2.05) is 38.1 Å². The Hall–Kier alpha value is -2.68. The summed E-state index contributed by atoms with van der Waals surface area (Å²) < 4.78 is 56.5. The molecular weight excluding hydrogens is 332 g/mol. The minimum absolute atomic E-state index is 0.0134. The highest BCUT2D eigenvalue weighted by Crippen LogP contribution is 2.37. The molecule has 27 heavy (non-hydrogen) atoms. The SMILES string of the molecule is [2H]C(C)(C)c1cc(-c2c(C)ccc3c2oc2nc(C)ccc23)[n+](C)cc1C([2H])([2H])C([2H])([2H])[2H]. The number of hydrogen-bond acceptors (Lipinski definition) is 2. The maximum absolute atomic E-state index is 8.66. The van der Waals surface area contributed by atoms with E-state index in [9.17, 15) is 0 Å². The third-order valence-electron chi connectivity index (χ3n) is 5.06.